The third-order valence-corrected chi connectivity index (χ3v) is 10.1. The summed E-state index contributed by atoms with van der Waals surface area (Å²) in [5.41, 5.74) is 0. The van der Waals surface area contributed by atoms with Crippen molar-refractivity contribution < 1.29 is 69.7 Å². The molecule has 0 amide bonds. The van der Waals surface area contributed by atoms with Crippen LogP contribution in [0.5, 0.6) is 0 Å². The Bertz CT molecular complexity index is 961. The Kier molecular flexibility index (Phi) is 11.3. The molecule has 3 saturated carbocycles. The van der Waals surface area contributed by atoms with Crippen molar-refractivity contribution in [3.63, 3.8) is 0 Å². The minimum atomic E-state index is -1.71. The molecule has 3 aliphatic carbocycles. The first-order chi connectivity index (χ1) is 20.9. The number of rotatable bonds is 7. The summed E-state index contributed by atoms with van der Waals surface area (Å²) in [7, 11) is 0. The summed E-state index contributed by atoms with van der Waals surface area (Å²) in [6, 6.07) is 0. The topological polar surface area (TPSA) is 236 Å². The van der Waals surface area contributed by atoms with Gasteiger partial charge in [-0.05, 0) is 69.6 Å². The molecule has 9 N–H and O–H groups in total. The molecule has 2 aliphatic heterocycles. The third kappa shape index (κ3) is 7.81. The van der Waals surface area contributed by atoms with Crippen molar-refractivity contribution in [3.05, 3.63) is 12.2 Å². The summed E-state index contributed by atoms with van der Waals surface area (Å²) in [5.74, 6) is -1.47. The number of carbonyl (C=O) groups excluding carboxylic acids is 1. The Morgan fingerprint density at radius 2 is 1.39 bits per heavy atom. The summed E-state index contributed by atoms with van der Waals surface area (Å²) in [5, 5.41) is 93.4. The number of fused-ring (bicyclic) bond motifs is 1. The molecule has 5 rings (SSSR count). The van der Waals surface area contributed by atoms with Gasteiger partial charge in [0.2, 0.25) is 0 Å². The van der Waals surface area contributed by atoms with Crippen molar-refractivity contribution in [1.29, 1.82) is 0 Å². The molecule has 252 valence electrons. The fraction of sp³-hybridized carbons (Fsp3) is 0.900. The molecule has 2 heterocycles. The third-order valence-electron chi connectivity index (χ3n) is 10.1. The lowest BCUT2D eigenvalue weighted by atomic mass is 9.72. The Morgan fingerprint density at radius 3 is 2.07 bits per heavy atom. The van der Waals surface area contributed by atoms with Crippen molar-refractivity contribution >= 4 is 5.97 Å². The van der Waals surface area contributed by atoms with E-state index in [1.54, 1.807) is 6.08 Å². The van der Waals surface area contributed by atoms with E-state index in [0.717, 1.165) is 12.8 Å². The molecule has 0 radical (unpaired) electrons. The Hall–Kier alpha value is -1.27. The van der Waals surface area contributed by atoms with Gasteiger partial charge in [-0.1, -0.05) is 6.08 Å². The van der Waals surface area contributed by atoms with Crippen LogP contribution in [0.4, 0.5) is 0 Å². The summed E-state index contributed by atoms with van der Waals surface area (Å²) < 4.78 is 23.6. The van der Waals surface area contributed by atoms with Gasteiger partial charge in [0.1, 0.15) is 37.1 Å². The van der Waals surface area contributed by atoms with Crippen LogP contribution < -0.4 is 0 Å². The van der Waals surface area contributed by atoms with Crippen molar-refractivity contribution in [2.24, 2.45) is 17.8 Å². The number of esters is 1. The molecule has 14 nitrogen and oxygen atoms in total. The number of allylic oxidation sites excluding steroid dienone is 1. The highest BCUT2D eigenvalue weighted by molar-refractivity contribution is 5.81. The van der Waals surface area contributed by atoms with Gasteiger partial charge in [-0.25, -0.2) is 4.79 Å². The zero-order valence-electron chi connectivity index (χ0n) is 24.6. The monoisotopic (exact) mass is 632 g/mol. The molecule has 44 heavy (non-hydrogen) atoms. The molecule has 13 unspecified atom stereocenters. The highest BCUT2D eigenvalue weighted by atomic mass is 16.7. The normalized spacial score (nSPS) is 50.2. The molecule has 13 atom stereocenters. The van der Waals surface area contributed by atoms with Crippen molar-refractivity contribution in [2.75, 3.05) is 6.61 Å². The maximum atomic E-state index is 12.4. The van der Waals surface area contributed by atoms with Crippen LogP contribution in [0, 0.1) is 17.8 Å². The molecule has 5 aliphatic rings. The van der Waals surface area contributed by atoms with Crippen LogP contribution in [0.3, 0.4) is 0 Å². The maximum absolute atomic E-state index is 12.4. The maximum Gasteiger partial charge on any atom is 0.330 e. The lowest BCUT2D eigenvalue weighted by molar-refractivity contribution is -0.334. The minimum Gasteiger partial charge on any atom is -0.460 e. The van der Waals surface area contributed by atoms with Gasteiger partial charge in [0, 0.05) is 12.0 Å². The second kappa shape index (κ2) is 14.7. The second-order valence-corrected chi connectivity index (χ2v) is 13.3. The van der Waals surface area contributed by atoms with Gasteiger partial charge in [0.15, 0.2) is 6.29 Å². The largest absolute Gasteiger partial charge is 0.460 e. The molecule has 0 spiro atoms. The minimum absolute atomic E-state index is 0.0776. The van der Waals surface area contributed by atoms with Gasteiger partial charge in [-0.15, -0.1) is 0 Å². The van der Waals surface area contributed by atoms with E-state index in [1.165, 1.54) is 6.08 Å². The van der Waals surface area contributed by atoms with Crippen molar-refractivity contribution in [2.45, 2.75) is 143 Å². The zero-order valence-corrected chi connectivity index (χ0v) is 24.6. The van der Waals surface area contributed by atoms with E-state index in [2.05, 4.69) is 0 Å². The molecule has 2 saturated heterocycles. The van der Waals surface area contributed by atoms with Crippen LogP contribution in [-0.4, -0.2) is 144 Å². The number of carbonyl (C=O) groups is 1. The molecule has 0 aromatic rings. The van der Waals surface area contributed by atoms with Crippen molar-refractivity contribution in [1.82, 2.24) is 0 Å². The summed E-state index contributed by atoms with van der Waals surface area (Å²) in [4.78, 5) is 12.4. The number of aliphatic hydroxyl groups is 9. The summed E-state index contributed by atoms with van der Waals surface area (Å²) >= 11 is 0. The van der Waals surface area contributed by atoms with Crippen LogP contribution in [0.2, 0.25) is 0 Å². The average molecular weight is 633 g/mol. The van der Waals surface area contributed by atoms with Crippen LogP contribution in [0.15, 0.2) is 12.2 Å². The smallest absolute Gasteiger partial charge is 0.330 e. The Morgan fingerprint density at radius 1 is 0.705 bits per heavy atom. The SMILES string of the molecule is O=C(C=CC1CCC(O)CC1)OCC1OC(OC2CC3C(O)CC(O)CC3OC2C2CC(O)C(O)C(O)C2)C(O)C(O)C1O. The highest BCUT2D eigenvalue weighted by Gasteiger charge is 2.52. The highest BCUT2D eigenvalue weighted by Crippen LogP contribution is 2.43. The van der Waals surface area contributed by atoms with Gasteiger partial charge in [0.05, 0.1) is 48.8 Å². The Labute approximate surface area is 255 Å². The molecule has 0 aromatic carbocycles. The fourth-order valence-electron chi connectivity index (χ4n) is 7.53. The van der Waals surface area contributed by atoms with Crippen LogP contribution in [0.1, 0.15) is 57.8 Å². The molecular formula is C30H48O14. The molecule has 5 fully saturated rings. The first kappa shape index (κ1) is 34.1. The molecule has 0 bridgehead atoms. The van der Waals surface area contributed by atoms with Crippen molar-refractivity contribution in [3.8, 4) is 0 Å². The standard InChI is InChI=1S/C30H48O14/c31-15-4-1-13(2-5-15)3-6-24(36)41-12-23-26(38)27(39)28(40)30(44-23)43-22-11-17-18(33)9-16(32)10-21(17)42-29(22)14-7-19(34)25(37)20(35)8-14/h3,6,13-23,25-35,37-40H,1-2,4-5,7-12H2. The average Bonchev–Trinajstić information content (AvgIpc) is 2.98. The Balaban J connectivity index is 1.25. The fourth-order valence-corrected chi connectivity index (χ4v) is 7.53. The number of aliphatic hydroxyl groups excluding tert-OH is 9. The van der Waals surface area contributed by atoms with Crippen LogP contribution in [-0.2, 0) is 23.7 Å². The van der Waals surface area contributed by atoms with Gasteiger partial charge in [-0.2, -0.15) is 0 Å². The van der Waals surface area contributed by atoms with Gasteiger partial charge >= 0.3 is 5.97 Å². The number of hydrogen-bond donors (Lipinski definition) is 9. The van der Waals surface area contributed by atoms with E-state index in [0.29, 0.717) is 12.8 Å². The first-order valence-corrected chi connectivity index (χ1v) is 15.8. The first-order valence-electron chi connectivity index (χ1n) is 15.8. The van der Waals surface area contributed by atoms with Crippen LogP contribution >= 0.6 is 0 Å². The predicted octanol–water partition coefficient (Wildman–Crippen LogP) is -2.39. The quantitative estimate of drug-likeness (QED) is 0.105. The lowest BCUT2D eigenvalue weighted by Crippen LogP contribution is -2.62. The molecule has 0 aromatic heterocycles. The van der Waals surface area contributed by atoms with Crippen LogP contribution in [0.25, 0.3) is 0 Å². The summed E-state index contributed by atoms with van der Waals surface area (Å²) in [6.07, 6.45) is -9.11. The van der Waals surface area contributed by atoms with Gasteiger partial charge in [-0.3, -0.25) is 0 Å². The van der Waals surface area contributed by atoms with E-state index in [1.807, 2.05) is 0 Å². The number of ether oxygens (including phenoxy) is 4. The van der Waals surface area contributed by atoms with E-state index in [4.69, 9.17) is 18.9 Å². The lowest BCUT2D eigenvalue weighted by Gasteiger charge is -2.51. The van der Waals surface area contributed by atoms with Gasteiger partial charge in [0.25, 0.3) is 0 Å². The van der Waals surface area contributed by atoms with Gasteiger partial charge < -0.3 is 64.9 Å². The van der Waals surface area contributed by atoms with E-state index in [-0.39, 0.29) is 44.1 Å². The van der Waals surface area contributed by atoms with E-state index < -0.39 is 104 Å². The molecule has 14 heteroatoms. The predicted molar refractivity (Wildman–Crippen MR) is 148 cm³/mol. The zero-order chi connectivity index (χ0) is 31.7. The van der Waals surface area contributed by atoms with E-state index in [9.17, 15) is 50.8 Å². The number of hydrogen-bond acceptors (Lipinski definition) is 14. The molecular weight excluding hydrogens is 584 g/mol. The summed E-state index contributed by atoms with van der Waals surface area (Å²) in [6.45, 7) is -0.442. The second-order valence-electron chi connectivity index (χ2n) is 13.3. The van der Waals surface area contributed by atoms with E-state index >= 15 is 0 Å².